The summed E-state index contributed by atoms with van der Waals surface area (Å²) in [5, 5.41) is 3.05. The van der Waals surface area contributed by atoms with Crippen LogP contribution in [0.5, 0.6) is 0 Å². The number of aryl methyl sites for hydroxylation is 1. The fourth-order valence-electron chi connectivity index (χ4n) is 2.65. The van der Waals surface area contributed by atoms with Crippen molar-refractivity contribution in [1.82, 2.24) is 10.3 Å². The van der Waals surface area contributed by atoms with E-state index in [0.717, 1.165) is 18.2 Å². The number of rotatable bonds is 5. The number of oxazole rings is 1. The molecular weight excluding hydrogens is 240 g/mol. The van der Waals surface area contributed by atoms with E-state index >= 15 is 0 Å². The molecule has 2 saturated carbocycles. The van der Waals surface area contributed by atoms with Crippen molar-refractivity contribution in [1.29, 1.82) is 0 Å². The van der Waals surface area contributed by atoms with Gasteiger partial charge in [0.25, 0.3) is 5.91 Å². The van der Waals surface area contributed by atoms with E-state index in [1.165, 1.54) is 32.1 Å². The van der Waals surface area contributed by atoms with Gasteiger partial charge in [-0.3, -0.25) is 4.79 Å². The molecule has 1 aromatic rings. The van der Waals surface area contributed by atoms with Crippen molar-refractivity contribution in [3.8, 4) is 0 Å². The van der Waals surface area contributed by atoms with Gasteiger partial charge in [0.1, 0.15) is 0 Å². The van der Waals surface area contributed by atoms with Gasteiger partial charge in [0.15, 0.2) is 5.89 Å². The van der Waals surface area contributed by atoms with Crippen molar-refractivity contribution < 1.29 is 9.21 Å². The van der Waals surface area contributed by atoms with Crippen LogP contribution in [0.3, 0.4) is 0 Å². The Kier molecular flexibility index (Phi) is 3.33. The minimum Gasteiger partial charge on any atom is -0.435 e. The summed E-state index contributed by atoms with van der Waals surface area (Å²) in [6, 6.07) is 0.234. The van der Waals surface area contributed by atoms with Gasteiger partial charge in [-0.15, -0.1) is 0 Å². The Morgan fingerprint density at radius 3 is 2.74 bits per heavy atom. The first-order valence-corrected chi connectivity index (χ1v) is 7.40. The lowest BCUT2D eigenvalue weighted by molar-refractivity contribution is 0.0878. The highest BCUT2D eigenvalue weighted by Gasteiger charge is 2.28. The lowest BCUT2D eigenvalue weighted by Crippen LogP contribution is -2.40. The summed E-state index contributed by atoms with van der Waals surface area (Å²) in [5.41, 5.74) is 0.717. The van der Waals surface area contributed by atoms with Crippen LogP contribution < -0.4 is 5.32 Å². The highest BCUT2D eigenvalue weighted by Crippen LogP contribution is 2.33. The highest BCUT2D eigenvalue weighted by molar-refractivity contribution is 5.92. The van der Waals surface area contributed by atoms with Crippen molar-refractivity contribution in [3.05, 3.63) is 17.3 Å². The minimum atomic E-state index is -0.105. The average molecular weight is 262 g/mol. The molecule has 4 heteroatoms. The number of aromatic nitrogens is 1. The topological polar surface area (TPSA) is 55.1 Å². The summed E-state index contributed by atoms with van der Waals surface area (Å²) < 4.78 is 5.64. The molecule has 0 aromatic carbocycles. The summed E-state index contributed by atoms with van der Waals surface area (Å²) in [4.78, 5) is 16.6. The summed E-state index contributed by atoms with van der Waals surface area (Å²) in [5.74, 6) is 2.38. The van der Waals surface area contributed by atoms with Gasteiger partial charge in [-0.05, 0) is 51.4 Å². The van der Waals surface area contributed by atoms with Crippen LogP contribution in [-0.4, -0.2) is 16.9 Å². The molecule has 2 fully saturated rings. The van der Waals surface area contributed by atoms with Crippen molar-refractivity contribution in [2.45, 2.75) is 58.4 Å². The zero-order valence-corrected chi connectivity index (χ0v) is 11.7. The third-order valence-corrected chi connectivity index (χ3v) is 4.42. The van der Waals surface area contributed by atoms with E-state index in [1.807, 2.05) is 6.92 Å². The van der Waals surface area contributed by atoms with Gasteiger partial charge in [-0.2, -0.15) is 0 Å². The first kappa shape index (κ1) is 12.7. The third kappa shape index (κ3) is 2.82. The standard InChI is InChI=1S/C15H22N2O2/c1-9(12-4-3-5-12)17-15(18)14-10(2)16-13(19-14)8-11-6-7-11/h9,11-12H,3-8H2,1-2H3,(H,17,18)/t9-/m0/s1. The molecule has 0 unspecified atom stereocenters. The van der Waals surface area contributed by atoms with E-state index in [1.54, 1.807) is 0 Å². The minimum absolute atomic E-state index is 0.105. The maximum atomic E-state index is 12.2. The van der Waals surface area contributed by atoms with Gasteiger partial charge in [-0.1, -0.05) is 6.42 Å². The second-order valence-electron chi connectivity index (χ2n) is 6.12. The zero-order chi connectivity index (χ0) is 13.4. The number of carbonyl (C=O) groups excluding carboxylic acids is 1. The number of carbonyl (C=O) groups is 1. The molecule has 1 aromatic heterocycles. The van der Waals surface area contributed by atoms with Gasteiger partial charge in [0.05, 0.1) is 5.69 Å². The maximum Gasteiger partial charge on any atom is 0.289 e. The highest BCUT2D eigenvalue weighted by atomic mass is 16.4. The Labute approximate surface area is 114 Å². The van der Waals surface area contributed by atoms with Crippen molar-refractivity contribution >= 4 is 5.91 Å². The molecule has 0 aliphatic heterocycles. The predicted molar refractivity (Wildman–Crippen MR) is 71.9 cm³/mol. The smallest absolute Gasteiger partial charge is 0.289 e. The molecular formula is C15H22N2O2. The molecule has 3 rings (SSSR count). The zero-order valence-electron chi connectivity index (χ0n) is 11.7. The number of amides is 1. The lowest BCUT2D eigenvalue weighted by atomic mass is 9.80. The Bertz CT molecular complexity index is 472. The second-order valence-corrected chi connectivity index (χ2v) is 6.12. The Balaban J connectivity index is 1.62. The Morgan fingerprint density at radius 1 is 1.42 bits per heavy atom. The van der Waals surface area contributed by atoms with Gasteiger partial charge in [-0.25, -0.2) is 4.98 Å². The number of hydrogen-bond acceptors (Lipinski definition) is 3. The van der Waals surface area contributed by atoms with E-state index in [-0.39, 0.29) is 11.9 Å². The normalized spacial score (nSPS) is 20.9. The van der Waals surface area contributed by atoms with Crippen molar-refractivity contribution in [3.63, 3.8) is 0 Å². The molecule has 1 N–H and O–H groups in total. The molecule has 104 valence electrons. The maximum absolute atomic E-state index is 12.2. The van der Waals surface area contributed by atoms with Crippen LogP contribution in [0.4, 0.5) is 0 Å². The van der Waals surface area contributed by atoms with Crippen LogP contribution in [0.15, 0.2) is 4.42 Å². The van der Waals surface area contributed by atoms with Crippen LogP contribution in [0.25, 0.3) is 0 Å². The van der Waals surface area contributed by atoms with Gasteiger partial charge in [0, 0.05) is 12.5 Å². The molecule has 4 nitrogen and oxygen atoms in total. The SMILES string of the molecule is Cc1nc(CC2CC2)oc1C(=O)N[C@@H](C)C1CCC1. The Hall–Kier alpha value is -1.32. The molecule has 1 amide bonds. The van der Waals surface area contributed by atoms with Crippen LogP contribution in [0, 0.1) is 18.8 Å². The predicted octanol–water partition coefficient (Wildman–Crippen LogP) is 2.85. The molecule has 0 bridgehead atoms. The number of nitrogens with zero attached hydrogens (tertiary/aromatic N) is 1. The molecule has 0 radical (unpaired) electrons. The molecule has 2 aliphatic carbocycles. The largest absolute Gasteiger partial charge is 0.435 e. The van der Waals surface area contributed by atoms with Gasteiger partial charge < -0.3 is 9.73 Å². The molecule has 19 heavy (non-hydrogen) atoms. The van der Waals surface area contributed by atoms with Crippen molar-refractivity contribution in [2.75, 3.05) is 0 Å². The van der Waals surface area contributed by atoms with Gasteiger partial charge in [0.2, 0.25) is 5.76 Å². The summed E-state index contributed by atoms with van der Waals surface area (Å²) >= 11 is 0. The molecule has 0 spiro atoms. The lowest BCUT2D eigenvalue weighted by Gasteiger charge is -2.31. The molecule has 1 atom stereocenters. The average Bonchev–Trinajstić information content (AvgIpc) is 2.98. The monoisotopic (exact) mass is 262 g/mol. The number of hydrogen-bond donors (Lipinski definition) is 1. The van der Waals surface area contributed by atoms with E-state index < -0.39 is 0 Å². The summed E-state index contributed by atoms with van der Waals surface area (Å²) in [6.45, 7) is 3.93. The fourth-order valence-corrected chi connectivity index (χ4v) is 2.65. The first-order chi connectivity index (χ1) is 9.13. The molecule has 2 aliphatic rings. The van der Waals surface area contributed by atoms with Gasteiger partial charge >= 0.3 is 0 Å². The molecule has 0 saturated heterocycles. The number of nitrogens with one attached hydrogen (secondary N) is 1. The summed E-state index contributed by atoms with van der Waals surface area (Å²) in [6.07, 6.45) is 7.15. The van der Waals surface area contributed by atoms with E-state index in [2.05, 4.69) is 17.2 Å². The fraction of sp³-hybridized carbons (Fsp3) is 0.733. The Morgan fingerprint density at radius 2 is 2.16 bits per heavy atom. The first-order valence-electron chi connectivity index (χ1n) is 7.40. The van der Waals surface area contributed by atoms with Crippen LogP contribution in [0.2, 0.25) is 0 Å². The second kappa shape index (κ2) is 4.99. The van der Waals surface area contributed by atoms with Crippen LogP contribution in [0.1, 0.15) is 61.2 Å². The van der Waals surface area contributed by atoms with Crippen molar-refractivity contribution in [2.24, 2.45) is 11.8 Å². The quantitative estimate of drug-likeness (QED) is 0.887. The van der Waals surface area contributed by atoms with E-state index in [4.69, 9.17) is 4.42 Å². The molecule has 1 heterocycles. The van der Waals surface area contributed by atoms with Crippen LogP contribution in [-0.2, 0) is 6.42 Å². The third-order valence-electron chi connectivity index (χ3n) is 4.42. The van der Waals surface area contributed by atoms with E-state index in [0.29, 0.717) is 17.4 Å². The van der Waals surface area contributed by atoms with E-state index in [9.17, 15) is 4.79 Å². The van der Waals surface area contributed by atoms with Crippen LogP contribution >= 0.6 is 0 Å². The summed E-state index contributed by atoms with van der Waals surface area (Å²) in [7, 11) is 0.